The number of phenolic OH excluding ortho intramolecular Hbond substituents is 1. The molecule has 5 nitrogen and oxygen atoms in total. The first-order chi connectivity index (χ1) is 9.91. The lowest BCUT2D eigenvalue weighted by atomic mass is 10.1. The summed E-state index contributed by atoms with van der Waals surface area (Å²) in [5.74, 6) is -0.161. The zero-order valence-corrected chi connectivity index (χ0v) is 12.3. The number of rotatable bonds is 4. The van der Waals surface area contributed by atoms with Crippen molar-refractivity contribution < 1.29 is 14.7 Å². The van der Waals surface area contributed by atoms with Gasteiger partial charge < -0.3 is 15.0 Å². The van der Waals surface area contributed by atoms with Crippen LogP contribution in [-0.4, -0.2) is 27.9 Å². The zero-order valence-electron chi connectivity index (χ0n) is 12.3. The van der Waals surface area contributed by atoms with E-state index >= 15 is 0 Å². The van der Waals surface area contributed by atoms with Crippen LogP contribution in [0, 0.1) is 6.92 Å². The third-order valence-corrected chi connectivity index (χ3v) is 3.44. The molecule has 0 bridgehead atoms. The van der Waals surface area contributed by atoms with Crippen LogP contribution in [0.15, 0.2) is 30.4 Å². The van der Waals surface area contributed by atoms with Gasteiger partial charge in [0.05, 0.1) is 5.56 Å². The maximum Gasteiger partial charge on any atom is 0.253 e. The van der Waals surface area contributed by atoms with Gasteiger partial charge in [-0.3, -0.25) is 9.59 Å². The first kappa shape index (κ1) is 14.8. The molecule has 0 aliphatic heterocycles. The molecule has 21 heavy (non-hydrogen) atoms. The van der Waals surface area contributed by atoms with Crippen molar-refractivity contribution >= 4 is 22.6 Å². The molecule has 1 aromatic heterocycles. The second-order valence-electron chi connectivity index (χ2n) is 4.94. The summed E-state index contributed by atoms with van der Waals surface area (Å²) in [4.78, 5) is 23.1. The monoisotopic (exact) mass is 286 g/mol. The number of benzene rings is 1. The predicted molar refractivity (Wildman–Crippen MR) is 81.5 cm³/mol. The van der Waals surface area contributed by atoms with Crippen molar-refractivity contribution in [2.24, 2.45) is 7.05 Å². The lowest BCUT2D eigenvalue weighted by Gasteiger charge is -2.03. The molecule has 1 heterocycles. The fourth-order valence-electron chi connectivity index (χ4n) is 2.31. The molecule has 1 aromatic carbocycles. The Bertz CT molecular complexity index is 742. The van der Waals surface area contributed by atoms with E-state index in [2.05, 4.69) is 5.32 Å². The fourth-order valence-corrected chi connectivity index (χ4v) is 2.31. The van der Waals surface area contributed by atoms with Crippen molar-refractivity contribution in [2.45, 2.75) is 13.8 Å². The van der Waals surface area contributed by atoms with E-state index in [0.29, 0.717) is 10.9 Å². The van der Waals surface area contributed by atoms with Crippen molar-refractivity contribution in [1.82, 2.24) is 9.88 Å². The number of hydrogen-bond acceptors (Lipinski definition) is 3. The van der Waals surface area contributed by atoms with Crippen molar-refractivity contribution in [2.75, 3.05) is 6.54 Å². The Hall–Kier alpha value is -2.56. The third kappa shape index (κ3) is 2.97. The van der Waals surface area contributed by atoms with Crippen LogP contribution in [0.4, 0.5) is 0 Å². The van der Waals surface area contributed by atoms with E-state index in [0.717, 1.165) is 11.2 Å². The molecule has 0 spiro atoms. The number of allylic oxidation sites excluding steroid dienone is 1. The van der Waals surface area contributed by atoms with Gasteiger partial charge in [0.15, 0.2) is 5.78 Å². The van der Waals surface area contributed by atoms with Crippen molar-refractivity contribution in [1.29, 1.82) is 0 Å². The molecule has 0 unspecified atom stereocenters. The molecule has 1 amide bonds. The number of fused-ring (bicyclic) bond motifs is 1. The lowest BCUT2D eigenvalue weighted by molar-refractivity contribution is -0.112. The zero-order chi connectivity index (χ0) is 15.6. The molecule has 0 aliphatic carbocycles. The van der Waals surface area contributed by atoms with Crippen LogP contribution < -0.4 is 5.32 Å². The highest BCUT2D eigenvalue weighted by Gasteiger charge is 2.18. The molecular formula is C16H18N2O3. The van der Waals surface area contributed by atoms with Gasteiger partial charge in [-0.15, -0.1) is 0 Å². The van der Waals surface area contributed by atoms with Gasteiger partial charge in [0.2, 0.25) is 0 Å². The van der Waals surface area contributed by atoms with E-state index in [4.69, 9.17) is 0 Å². The predicted octanol–water partition coefficient (Wildman–Crippen LogP) is 2.07. The highest BCUT2D eigenvalue weighted by atomic mass is 16.3. The van der Waals surface area contributed by atoms with Crippen molar-refractivity contribution in [3.63, 3.8) is 0 Å². The molecule has 2 rings (SSSR count). The molecule has 5 heteroatoms. The van der Waals surface area contributed by atoms with E-state index in [-0.39, 0.29) is 24.0 Å². The molecule has 0 atom stereocenters. The van der Waals surface area contributed by atoms with Crippen LogP contribution in [0.5, 0.6) is 5.75 Å². The molecule has 0 saturated heterocycles. The summed E-state index contributed by atoms with van der Waals surface area (Å²) >= 11 is 0. The summed E-state index contributed by atoms with van der Waals surface area (Å²) in [6, 6.07) is 4.96. The Kier molecular flexibility index (Phi) is 4.12. The molecule has 110 valence electrons. The number of carbonyl (C=O) groups excluding carboxylic acids is 2. The number of amides is 1. The summed E-state index contributed by atoms with van der Waals surface area (Å²) in [6.07, 6.45) is 3.03. The Morgan fingerprint density at radius 1 is 1.38 bits per heavy atom. The molecule has 0 radical (unpaired) electrons. The number of aryl methyl sites for hydroxylation is 1. The van der Waals surface area contributed by atoms with Gasteiger partial charge in [0.1, 0.15) is 5.75 Å². The van der Waals surface area contributed by atoms with Crippen LogP contribution in [0.3, 0.4) is 0 Å². The number of ketones is 1. The minimum Gasteiger partial charge on any atom is -0.508 e. The van der Waals surface area contributed by atoms with E-state index in [1.807, 2.05) is 18.5 Å². The molecular weight excluding hydrogens is 268 g/mol. The van der Waals surface area contributed by atoms with Crippen LogP contribution in [-0.2, 0) is 11.8 Å². The number of aromatic nitrogens is 1. The number of carbonyl (C=O) groups is 2. The van der Waals surface area contributed by atoms with E-state index in [1.54, 1.807) is 24.3 Å². The number of aromatic hydroxyl groups is 1. The Morgan fingerprint density at radius 3 is 2.76 bits per heavy atom. The lowest BCUT2D eigenvalue weighted by Crippen LogP contribution is -2.24. The van der Waals surface area contributed by atoms with Gasteiger partial charge in [0.25, 0.3) is 5.91 Å². The number of nitrogens with zero attached hydrogens (tertiary/aromatic N) is 1. The van der Waals surface area contributed by atoms with Crippen molar-refractivity contribution in [3.05, 3.63) is 41.6 Å². The normalized spacial score (nSPS) is 11.2. The highest BCUT2D eigenvalue weighted by molar-refractivity contribution is 6.08. The maximum absolute atomic E-state index is 12.3. The topological polar surface area (TPSA) is 71.3 Å². The number of nitrogens with one attached hydrogen (secondary N) is 1. The first-order valence-corrected chi connectivity index (χ1v) is 6.65. The Balaban J connectivity index is 2.32. The number of hydrogen-bond donors (Lipinski definition) is 2. The van der Waals surface area contributed by atoms with Crippen LogP contribution >= 0.6 is 0 Å². The molecule has 2 aromatic rings. The standard InChI is InChI=1S/C16H18N2O3/c1-10(19)5-4-8-17-16(21)15-11(2)18(3)14-7-6-12(20)9-13(14)15/h4-7,9,20H,8H2,1-3H3,(H,17,21)/b5-4+. The summed E-state index contributed by atoms with van der Waals surface area (Å²) in [7, 11) is 1.88. The van der Waals surface area contributed by atoms with Crippen LogP contribution in [0.1, 0.15) is 23.0 Å². The maximum atomic E-state index is 12.3. The minimum absolute atomic E-state index is 0.0597. The van der Waals surface area contributed by atoms with E-state index in [9.17, 15) is 14.7 Å². The smallest absolute Gasteiger partial charge is 0.253 e. The Morgan fingerprint density at radius 2 is 2.10 bits per heavy atom. The second-order valence-corrected chi connectivity index (χ2v) is 4.94. The average molecular weight is 286 g/mol. The molecule has 2 N–H and O–H groups in total. The summed E-state index contributed by atoms with van der Waals surface area (Å²) in [5.41, 5.74) is 2.25. The van der Waals surface area contributed by atoms with Gasteiger partial charge in [-0.05, 0) is 38.1 Å². The Labute approximate surface area is 122 Å². The average Bonchev–Trinajstić information content (AvgIpc) is 2.66. The third-order valence-electron chi connectivity index (χ3n) is 3.44. The molecule has 0 aliphatic rings. The largest absolute Gasteiger partial charge is 0.508 e. The van der Waals surface area contributed by atoms with Gasteiger partial charge in [-0.25, -0.2) is 0 Å². The highest BCUT2D eigenvalue weighted by Crippen LogP contribution is 2.27. The molecule has 0 saturated carbocycles. The van der Waals surface area contributed by atoms with E-state index < -0.39 is 0 Å². The first-order valence-electron chi connectivity index (χ1n) is 6.65. The quantitative estimate of drug-likeness (QED) is 0.845. The van der Waals surface area contributed by atoms with Crippen LogP contribution in [0.2, 0.25) is 0 Å². The fraction of sp³-hybridized carbons (Fsp3) is 0.250. The van der Waals surface area contributed by atoms with Gasteiger partial charge in [-0.2, -0.15) is 0 Å². The summed E-state index contributed by atoms with van der Waals surface area (Å²) in [6.45, 7) is 3.60. The minimum atomic E-state index is -0.225. The second kappa shape index (κ2) is 5.83. The number of phenols is 1. The SMILES string of the molecule is CC(=O)/C=C/CNC(=O)c1c(C)n(C)c2ccc(O)cc12. The summed E-state index contributed by atoms with van der Waals surface area (Å²) < 4.78 is 1.91. The van der Waals surface area contributed by atoms with E-state index in [1.165, 1.54) is 13.0 Å². The van der Waals surface area contributed by atoms with Crippen LogP contribution in [0.25, 0.3) is 10.9 Å². The van der Waals surface area contributed by atoms with Gasteiger partial charge in [0, 0.05) is 30.2 Å². The molecule has 0 fully saturated rings. The van der Waals surface area contributed by atoms with Gasteiger partial charge in [-0.1, -0.05) is 6.08 Å². The van der Waals surface area contributed by atoms with Gasteiger partial charge >= 0.3 is 0 Å². The summed E-state index contributed by atoms with van der Waals surface area (Å²) in [5, 5.41) is 13.1. The van der Waals surface area contributed by atoms with Crippen molar-refractivity contribution in [3.8, 4) is 5.75 Å².